The van der Waals surface area contributed by atoms with Crippen LogP contribution in [0.1, 0.15) is 23.6 Å². The van der Waals surface area contributed by atoms with Crippen molar-refractivity contribution in [2.45, 2.75) is 26.3 Å². The quantitative estimate of drug-likeness (QED) is 0.579. The normalized spacial score (nSPS) is 17.3. The molecule has 4 rings (SSSR count). The predicted octanol–water partition coefficient (Wildman–Crippen LogP) is 4.20. The van der Waals surface area contributed by atoms with Crippen molar-refractivity contribution < 1.29 is 17.9 Å². The van der Waals surface area contributed by atoms with Crippen molar-refractivity contribution in [2.75, 3.05) is 23.4 Å². The molecule has 0 unspecified atom stereocenters. The first-order valence-electron chi connectivity index (χ1n) is 10.3. The van der Waals surface area contributed by atoms with E-state index in [1.54, 1.807) is 22.9 Å². The largest absolute Gasteiger partial charge is 0.484 e. The van der Waals surface area contributed by atoms with Crippen LogP contribution in [0.2, 0.25) is 5.02 Å². The van der Waals surface area contributed by atoms with Crippen molar-refractivity contribution in [3.63, 3.8) is 0 Å². The Hall–Kier alpha value is -2.84. The van der Waals surface area contributed by atoms with Crippen LogP contribution >= 0.6 is 11.6 Å². The fourth-order valence-corrected chi connectivity index (χ4v) is 5.45. The maximum Gasteiger partial charge on any atom is 0.263 e. The summed E-state index contributed by atoms with van der Waals surface area (Å²) in [4.78, 5) is 12.6. The van der Waals surface area contributed by atoms with E-state index in [-0.39, 0.29) is 30.1 Å². The van der Waals surface area contributed by atoms with Gasteiger partial charge in [0, 0.05) is 16.7 Å². The molecule has 3 aromatic rings. The number of aromatic nitrogens is 2. The van der Waals surface area contributed by atoms with Gasteiger partial charge < -0.3 is 10.1 Å². The second-order valence-corrected chi connectivity index (χ2v) is 10.7. The number of halogens is 1. The maximum atomic E-state index is 12.6. The number of sulfone groups is 1. The van der Waals surface area contributed by atoms with Crippen LogP contribution in [-0.2, 0) is 14.6 Å². The van der Waals surface area contributed by atoms with Gasteiger partial charge >= 0.3 is 0 Å². The van der Waals surface area contributed by atoms with Gasteiger partial charge in [0.1, 0.15) is 11.6 Å². The summed E-state index contributed by atoms with van der Waals surface area (Å²) in [7, 11) is -3.12. The molecule has 168 valence electrons. The number of hydrogen-bond acceptors (Lipinski definition) is 5. The maximum absolute atomic E-state index is 12.6. The molecule has 9 heteroatoms. The average molecular weight is 474 g/mol. The van der Waals surface area contributed by atoms with Gasteiger partial charge in [-0.15, -0.1) is 0 Å². The van der Waals surface area contributed by atoms with Crippen LogP contribution in [0.5, 0.6) is 5.75 Å². The number of carbonyl (C=O) groups excluding carboxylic acids is 1. The molecule has 2 heterocycles. The second-order valence-electron chi connectivity index (χ2n) is 8.01. The van der Waals surface area contributed by atoms with Crippen LogP contribution in [0.4, 0.5) is 5.82 Å². The minimum absolute atomic E-state index is 0.00322. The minimum atomic E-state index is -3.12. The summed E-state index contributed by atoms with van der Waals surface area (Å²) in [5, 5.41) is 8.04. The molecule has 0 spiro atoms. The molecule has 1 saturated heterocycles. The van der Waals surface area contributed by atoms with Crippen LogP contribution in [-0.4, -0.2) is 42.2 Å². The smallest absolute Gasteiger partial charge is 0.263 e. The van der Waals surface area contributed by atoms with E-state index < -0.39 is 9.84 Å². The van der Waals surface area contributed by atoms with E-state index in [1.165, 1.54) is 0 Å². The number of amides is 1. The molecule has 7 nitrogen and oxygen atoms in total. The van der Waals surface area contributed by atoms with Gasteiger partial charge in [-0.2, -0.15) is 5.10 Å². The highest BCUT2D eigenvalue weighted by Crippen LogP contribution is 2.30. The number of anilines is 1. The Balaban J connectivity index is 1.54. The molecular formula is C23H24ClN3O4S. The van der Waals surface area contributed by atoms with Crippen molar-refractivity contribution in [1.29, 1.82) is 0 Å². The zero-order valence-electron chi connectivity index (χ0n) is 17.8. The van der Waals surface area contributed by atoms with Crippen LogP contribution < -0.4 is 10.1 Å². The van der Waals surface area contributed by atoms with E-state index in [4.69, 9.17) is 16.3 Å². The summed E-state index contributed by atoms with van der Waals surface area (Å²) in [6, 6.07) is 14.2. The molecule has 1 aliphatic rings. The standard InChI is InChI=1S/C23H24ClN3O4S/c1-15-3-8-20(11-16(15)2)31-13-23(28)25-22-12-21(17-4-6-18(24)7-5-17)26-27(22)19-9-10-32(29,30)14-19/h3-8,11-12,19H,9-10,13-14H2,1-2H3,(H,25,28)/t19-/m1/s1. The Morgan fingerprint density at radius 1 is 1.16 bits per heavy atom. The first kappa shape index (κ1) is 22.4. The van der Waals surface area contributed by atoms with Gasteiger partial charge in [0.15, 0.2) is 16.4 Å². The fraction of sp³-hybridized carbons (Fsp3) is 0.304. The summed E-state index contributed by atoms with van der Waals surface area (Å²) in [6.45, 7) is 3.82. The van der Waals surface area contributed by atoms with E-state index in [0.29, 0.717) is 28.7 Å². The molecule has 1 atom stereocenters. The third kappa shape index (κ3) is 5.14. The lowest BCUT2D eigenvalue weighted by molar-refractivity contribution is -0.118. The Morgan fingerprint density at radius 3 is 2.56 bits per heavy atom. The molecule has 1 amide bonds. The summed E-state index contributed by atoms with van der Waals surface area (Å²) in [5.74, 6) is 0.799. The van der Waals surface area contributed by atoms with E-state index >= 15 is 0 Å². The van der Waals surface area contributed by atoms with E-state index in [0.717, 1.165) is 16.7 Å². The molecule has 32 heavy (non-hydrogen) atoms. The van der Waals surface area contributed by atoms with Crippen molar-refractivity contribution in [3.05, 3.63) is 64.7 Å². The van der Waals surface area contributed by atoms with Gasteiger partial charge in [0.25, 0.3) is 5.91 Å². The van der Waals surface area contributed by atoms with Crippen molar-refractivity contribution in [3.8, 4) is 17.0 Å². The SMILES string of the molecule is Cc1ccc(OCC(=O)Nc2cc(-c3ccc(Cl)cc3)nn2[C@@H]2CCS(=O)(=O)C2)cc1C. The number of nitrogens with one attached hydrogen (secondary N) is 1. The van der Waals surface area contributed by atoms with Gasteiger partial charge in [0.05, 0.1) is 23.2 Å². The highest BCUT2D eigenvalue weighted by Gasteiger charge is 2.31. The Morgan fingerprint density at radius 2 is 1.91 bits per heavy atom. The van der Waals surface area contributed by atoms with E-state index in [1.807, 2.05) is 44.2 Å². The zero-order chi connectivity index (χ0) is 22.9. The predicted molar refractivity (Wildman–Crippen MR) is 125 cm³/mol. The molecule has 2 aromatic carbocycles. The molecule has 1 fully saturated rings. The number of nitrogens with zero attached hydrogens (tertiary/aromatic N) is 2. The van der Waals surface area contributed by atoms with Crippen molar-refractivity contribution in [2.24, 2.45) is 0 Å². The van der Waals surface area contributed by atoms with Gasteiger partial charge in [-0.25, -0.2) is 13.1 Å². The molecule has 1 N–H and O–H groups in total. The third-order valence-corrected chi connectivity index (χ3v) is 7.55. The lowest BCUT2D eigenvalue weighted by Gasteiger charge is -2.14. The summed E-state index contributed by atoms with van der Waals surface area (Å²) >= 11 is 5.98. The fourth-order valence-electron chi connectivity index (χ4n) is 3.63. The highest BCUT2D eigenvalue weighted by molar-refractivity contribution is 7.91. The lowest BCUT2D eigenvalue weighted by Crippen LogP contribution is -2.23. The molecule has 0 bridgehead atoms. The first-order valence-corrected chi connectivity index (χ1v) is 12.5. The zero-order valence-corrected chi connectivity index (χ0v) is 19.4. The Kier molecular flexibility index (Phi) is 6.26. The van der Waals surface area contributed by atoms with Crippen LogP contribution in [0.25, 0.3) is 11.3 Å². The number of aryl methyl sites for hydroxylation is 2. The highest BCUT2D eigenvalue weighted by atomic mass is 35.5. The molecule has 0 aliphatic carbocycles. The summed E-state index contributed by atoms with van der Waals surface area (Å²) in [5.41, 5.74) is 3.66. The van der Waals surface area contributed by atoms with Crippen molar-refractivity contribution >= 4 is 33.2 Å². The lowest BCUT2D eigenvalue weighted by atomic mass is 10.1. The van der Waals surface area contributed by atoms with Gasteiger partial charge in [-0.1, -0.05) is 29.8 Å². The van der Waals surface area contributed by atoms with E-state index in [2.05, 4.69) is 10.4 Å². The topological polar surface area (TPSA) is 90.3 Å². The van der Waals surface area contributed by atoms with Crippen LogP contribution in [0.3, 0.4) is 0 Å². The van der Waals surface area contributed by atoms with Gasteiger partial charge in [0.2, 0.25) is 0 Å². The number of ether oxygens (including phenoxy) is 1. The van der Waals surface area contributed by atoms with Gasteiger partial charge in [-0.3, -0.25) is 4.79 Å². The molecule has 1 aliphatic heterocycles. The molecule has 1 aromatic heterocycles. The monoisotopic (exact) mass is 473 g/mol. The minimum Gasteiger partial charge on any atom is -0.484 e. The average Bonchev–Trinajstić information content (AvgIpc) is 3.32. The Bertz CT molecular complexity index is 1250. The van der Waals surface area contributed by atoms with Gasteiger partial charge in [-0.05, 0) is 55.7 Å². The summed E-state index contributed by atoms with van der Waals surface area (Å²) < 4.78 is 31.2. The number of hydrogen-bond donors (Lipinski definition) is 1. The van der Waals surface area contributed by atoms with Crippen LogP contribution in [0.15, 0.2) is 48.5 Å². The Labute approximate surface area is 192 Å². The van der Waals surface area contributed by atoms with E-state index in [9.17, 15) is 13.2 Å². The molecular weight excluding hydrogens is 450 g/mol. The second kappa shape index (κ2) is 8.96. The number of benzene rings is 2. The summed E-state index contributed by atoms with van der Waals surface area (Å²) in [6.07, 6.45) is 0.450. The molecule has 0 radical (unpaired) electrons. The molecule has 0 saturated carbocycles. The van der Waals surface area contributed by atoms with Crippen LogP contribution in [0, 0.1) is 13.8 Å². The number of rotatable bonds is 6. The van der Waals surface area contributed by atoms with Crippen molar-refractivity contribution in [1.82, 2.24) is 9.78 Å². The number of carbonyl (C=O) groups is 1. The first-order chi connectivity index (χ1) is 15.2. The third-order valence-electron chi connectivity index (χ3n) is 5.55.